The van der Waals surface area contributed by atoms with Gasteiger partial charge in [0.25, 0.3) is 5.91 Å². The average Bonchev–Trinajstić information content (AvgIpc) is 3.15. The molecule has 28 heavy (non-hydrogen) atoms. The van der Waals surface area contributed by atoms with E-state index in [1.807, 2.05) is 48.5 Å². The molecule has 1 N–H and O–H groups in total. The largest absolute Gasteiger partial charge is 0.481 e. The van der Waals surface area contributed by atoms with Crippen LogP contribution in [0.3, 0.4) is 0 Å². The molecular formula is C20H20ClN3O2S2. The zero-order valence-corrected chi connectivity index (χ0v) is 17.9. The van der Waals surface area contributed by atoms with Crippen molar-refractivity contribution in [2.45, 2.75) is 36.5 Å². The molecule has 8 heteroatoms. The van der Waals surface area contributed by atoms with Gasteiger partial charge in [0.15, 0.2) is 10.4 Å². The Hall–Kier alpha value is -2.09. The van der Waals surface area contributed by atoms with Crippen molar-refractivity contribution in [1.29, 1.82) is 0 Å². The van der Waals surface area contributed by atoms with Gasteiger partial charge in [-0.1, -0.05) is 65.9 Å². The third-order valence-electron chi connectivity index (χ3n) is 3.93. The number of amides is 1. The van der Waals surface area contributed by atoms with Crippen molar-refractivity contribution < 1.29 is 9.53 Å². The number of anilines is 1. The molecule has 2 aromatic carbocycles. The normalized spacial score (nSPS) is 11.8. The maximum absolute atomic E-state index is 12.3. The number of thioether (sulfide) groups is 1. The molecule has 0 saturated heterocycles. The van der Waals surface area contributed by atoms with Gasteiger partial charge in [0.05, 0.1) is 0 Å². The highest BCUT2D eigenvalue weighted by Gasteiger charge is 2.17. The van der Waals surface area contributed by atoms with Crippen LogP contribution in [0.15, 0.2) is 52.9 Å². The van der Waals surface area contributed by atoms with Crippen molar-refractivity contribution in [3.63, 3.8) is 0 Å². The Morgan fingerprint density at radius 2 is 1.82 bits per heavy atom. The zero-order valence-electron chi connectivity index (χ0n) is 15.5. The molecule has 0 bridgehead atoms. The van der Waals surface area contributed by atoms with Gasteiger partial charge in [-0.15, -0.1) is 10.2 Å². The van der Waals surface area contributed by atoms with Crippen LogP contribution in [0.1, 0.15) is 25.0 Å². The predicted octanol–water partition coefficient (Wildman–Crippen LogP) is 5.45. The molecule has 1 heterocycles. The lowest BCUT2D eigenvalue weighted by atomic mass is 10.2. The third-order valence-corrected chi connectivity index (χ3v) is 6.22. The van der Waals surface area contributed by atoms with E-state index >= 15 is 0 Å². The zero-order chi connectivity index (χ0) is 19.9. The number of carbonyl (C=O) groups is 1. The highest BCUT2D eigenvalue weighted by molar-refractivity contribution is 8.00. The number of rotatable bonds is 8. The fraction of sp³-hybridized carbons (Fsp3) is 0.250. The summed E-state index contributed by atoms with van der Waals surface area (Å²) in [7, 11) is 0. The summed E-state index contributed by atoms with van der Waals surface area (Å²) in [5.41, 5.74) is 2.37. The van der Waals surface area contributed by atoms with Crippen LogP contribution >= 0.6 is 34.7 Å². The molecule has 0 aliphatic rings. The number of nitrogens with one attached hydrogen (secondary N) is 1. The van der Waals surface area contributed by atoms with Crippen LogP contribution in [0.2, 0.25) is 5.02 Å². The lowest BCUT2D eigenvalue weighted by Crippen LogP contribution is -2.30. The summed E-state index contributed by atoms with van der Waals surface area (Å²) >= 11 is 8.79. The van der Waals surface area contributed by atoms with Crippen molar-refractivity contribution in [3.05, 3.63) is 64.7 Å². The SMILES string of the molecule is CCc1ccc(O[C@@H](C)C(=O)Nc2nnc(SCc3ccc(Cl)cc3)s2)cc1. The van der Waals surface area contributed by atoms with Crippen LogP contribution in [0.25, 0.3) is 0 Å². The van der Waals surface area contributed by atoms with Gasteiger partial charge >= 0.3 is 0 Å². The highest BCUT2D eigenvalue weighted by Crippen LogP contribution is 2.28. The fourth-order valence-corrected chi connectivity index (χ4v) is 4.15. The second-order valence-electron chi connectivity index (χ2n) is 6.04. The van der Waals surface area contributed by atoms with Crippen LogP contribution in [-0.2, 0) is 17.0 Å². The summed E-state index contributed by atoms with van der Waals surface area (Å²) in [4.78, 5) is 12.3. The molecule has 3 rings (SSSR count). The van der Waals surface area contributed by atoms with E-state index in [0.717, 1.165) is 22.1 Å². The molecule has 0 saturated carbocycles. The van der Waals surface area contributed by atoms with Gasteiger partial charge < -0.3 is 4.74 Å². The third kappa shape index (κ3) is 5.95. The van der Waals surface area contributed by atoms with Gasteiger partial charge in [-0.2, -0.15) is 0 Å². The first-order valence-electron chi connectivity index (χ1n) is 8.80. The second kappa shape index (κ2) is 9.91. The van der Waals surface area contributed by atoms with E-state index in [0.29, 0.717) is 15.9 Å². The first kappa shape index (κ1) is 20.6. The number of aryl methyl sites for hydroxylation is 1. The van der Waals surface area contributed by atoms with Gasteiger partial charge in [-0.25, -0.2) is 0 Å². The van der Waals surface area contributed by atoms with Crippen LogP contribution in [0.5, 0.6) is 5.75 Å². The quantitative estimate of drug-likeness (QED) is 0.378. The van der Waals surface area contributed by atoms with E-state index in [4.69, 9.17) is 16.3 Å². The maximum Gasteiger partial charge on any atom is 0.266 e. The summed E-state index contributed by atoms with van der Waals surface area (Å²) in [6.07, 6.45) is 0.327. The number of carbonyl (C=O) groups excluding carboxylic acids is 1. The molecule has 0 fully saturated rings. The summed E-state index contributed by atoms with van der Waals surface area (Å²) in [5, 5.41) is 12.1. The Balaban J connectivity index is 1.50. The molecule has 3 aromatic rings. The Morgan fingerprint density at radius 3 is 2.50 bits per heavy atom. The van der Waals surface area contributed by atoms with E-state index in [-0.39, 0.29) is 5.91 Å². The Labute approximate surface area is 177 Å². The molecule has 5 nitrogen and oxygen atoms in total. The molecule has 1 aromatic heterocycles. The summed E-state index contributed by atoms with van der Waals surface area (Å²) < 4.78 is 6.48. The highest BCUT2D eigenvalue weighted by atomic mass is 35.5. The van der Waals surface area contributed by atoms with E-state index in [1.165, 1.54) is 16.9 Å². The average molecular weight is 434 g/mol. The lowest BCUT2D eigenvalue weighted by Gasteiger charge is -2.13. The first-order chi connectivity index (χ1) is 13.5. The molecule has 0 unspecified atom stereocenters. The first-order valence-corrected chi connectivity index (χ1v) is 11.0. The Bertz CT molecular complexity index is 914. The summed E-state index contributed by atoms with van der Waals surface area (Å²) in [6, 6.07) is 15.4. The molecule has 0 spiro atoms. The topological polar surface area (TPSA) is 64.1 Å². The standard InChI is InChI=1S/C20H20ClN3O2S2/c1-3-14-6-10-17(11-7-14)26-13(2)18(25)22-19-23-24-20(28-19)27-12-15-4-8-16(21)9-5-15/h4-11,13H,3,12H2,1-2H3,(H,22,23,25)/t13-/m0/s1. The Morgan fingerprint density at radius 1 is 1.14 bits per heavy atom. The molecule has 146 valence electrons. The van der Waals surface area contributed by atoms with Crippen LogP contribution in [-0.4, -0.2) is 22.2 Å². The number of benzene rings is 2. The van der Waals surface area contributed by atoms with Gasteiger partial charge in [0.2, 0.25) is 5.13 Å². The van der Waals surface area contributed by atoms with E-state index in [1.54, 1.807) is 18.7 Å². The minimum Gasteiger partial charge on any atom is -0.481 e. The molecule has 1 amide bonds. The number of halogens is 1. The molecular weight excluding hydrogens is 414 g/mol. The van der Waals surface area contributed by atoms with E-state index in [2.05, 4.69) is 22.4 Å². The molecule has 1 atom stereocenters. The predicted molar refractivity (Wildman–Crippen MR) is 115 cm³/mol. The molecule has 0 aliphatic carbocycles. The van der Waals surface area contributed by atoms with Gasteiger partial charge in [0, 0.05) is 10.8 Å². The minimum atomic E-state index is -0.637. The maximum atomic E-state index is 12.3. The van der Waals surface area contributed by atoms with Gasteiger partial charge in [-0.3, -0.25) is 10.1 Å². The van der Waals surface area contributed by atoms with Crippen molar-refractivity contribution in [2.75, 3.05) is 5.32 Å². The van der Waals surface area contributed by atoms with E-state index < -0.39 is 6.10 Å². The number of nitrogens with zero attached hydrogens (tertiary/aromatic N) is 2. The lowest BCUT2D eigenvalue weighted by molar-refractivity contribution is -0.122. The van der Waals surface area contributed by atoms with Crippen LogP contribution in [0.4, 0.5) is 5.13 Å². The van der Waals surface area contributed by atoms with Crippen molar-refractivity contribution in [1.82, 2.24) is 10.2 Å². The number of aromatic nitrogens is 2. The smallest absolute Gasteiger partial charge is 0.266 e. The van der Waals surface area contributed by atoms with Gasteiger partial charge in [0.1, 0.15) is 5.75 Å². The minimum absolute atomic E-state index is 0.259. The second-order valence-corrected chi connectivity index (χ2v) is 8.67. The van der Waals surface area contributed by atoms with Crippen molar-refractivity contribution >= 4 is 45.7 Å². The van der Waals surface area contributed by atoms with Crippen LogP contribution in [0, 0.1) is 0 Å². The van der Waals surface area contributed by atoms with Crippen LogP contribution < -0.4 is 10.1 Å². The van der Waals surface area contributed by atoms with Crippen molar-refractivity contribution in [3.8, 4) is 5.75 Å². The van der Waals surface area contributed by atoms with E-state index in [9.17, 15) is 4.79 Å². The monoisotopic (exact) mass is 433 g/mol. The number of ether oxygens (including phenoxy) is 1. The Kier molecular flexibility index (Phi) is 7.30. The summed E-state index contributed by atoms with van der Waals surface area (Å²) in [6.45, 7) is 3.80. The fourth-order valence-electron chi connectivity index (χ4n) is 2.31. The summed E-state index contributed by atoms with van der Waals surface area (Å²) in [5.74, 6) is 1.16. The molecule has 0 radical (unpaired) electrons. The van der Waals surface area contributed by atoms with Crippen molar-refractivity contribution in [2.24, 2.45) is 0 Å². The molecule has 0 aliphatic heterocycles. The number of hydrogen-bond acceptors (Lipinski definition) is 6. The number of hydrogen-bond donors (Lipinski definition) is 1. The van der Waals surface area contributed by atoms with Gasteiger partial charge in [-0.05, 0) is 48.7 Å².